The Labute approximate surface area is 269 Å². The minimum atomic E-state index is -1.35. The van der Waals surface area contributed by atoms with Crippen LogP contribution in [0.3, 0.4) is 0 Å². The molecule has 2 N–H and O–H groups in total. The lowest BCUT2D eigenvalue weighted by Crippen LogP contribution is -2.31. The molecule has 4 aromatic carbocycles. The Morgan fingerprint density at radius 1 is 0.523 bits per heavy atom. The maximum Gasteiger partial charge on any atom is 0.488 e. The van der Waals surface area contributed by atoms with Crippen molar-refractivity contribution in [1.29, 1.82) is 0 Å². The van der Waals surface area contributed by atoms with Gasteiger partial charge in [0, 0.05) is 28.0 Å². The smallest absolute Gasteiger partial charge is 0.423 e. The summed E-state index contributed by atoms with van der Waals surface area (Å²) in [6, 6.07) is 40.6. The number of pyridine rings is 2. The van der Waals surface area contributed by atoms with Crippen LogP contribution in [0.2, 0.25) is 0 Å². The molecular formula is C38H36BBrN2O2. The van der Waals surface area contributed by atoms with Crippen LogP contribution in [-0.2, 0) is 0 Å². The molecule has 0 spiro atoms. The minimum absolute atomic E-state index is 0.572. The van der Waals surface area contributed by atoms with Gasteiger partial charge in [0.05, 0.1) is 11.4 Å². The highest BCUT2D eigenvalue weighted by Crippen LogP contribution is 2.27. The molecule has 2 heterocycles. The summed E-state index contributed by atoms with van der Waals surface area (Å²) in [5, 5.41) is 17.5. The van der Waals surface area contributed by atoms with E-state index in [1.807, 2.05) is 56.6 Å². The molecule has 2 aromatic heterocycles. The second kappa shape index (κ2) is 15.9. The van der Waals surface area contributed by atoms with Crippen molar-refractivity contribution in [3.63, 3.8) is 0 Å². The van der Waals surface area contributed by atoms with Gasteiger partial charge >= 0.3 is 7.12 Å². The molecule has 0 aliphatic rings. The highest BCUT2D eigenvalue weighted by atomic mass is 79.9. The average molecular weight is 643 g/mol. The molecule has 0 amide bonds. The molecule has 4 nitrogen and oxygen atoms in total. The van der Waals surface area contributed by atoms with Crippen LogP contribution >= 0.6 is 15.9 Å². The lowest BCUT2D eigenvalue weighted by molar-refractivity contribution is 0.425. The predicted molar refractivity (Wildman–Crippen MR) is 188 cm³/mol. The highest BCUT2D eigenvalue weighted by molar-refractivity contribution is 9.10. The number of aryl methyl sites for hydroxylation is 4. The van der Waals surface area contributed by atoms with Gasteiger partial charge in [0.25, 0.3) is 0 Å². The number of nitrogens with zero attached hydrogens (tertiary/aromatic N) is 2. The third kappa shape index (κ3) is 9.32. The summed E-state index contributed by atoms with van der Waals surface area (Å²) < 4.78 is 1.08. The monoisotopic (exact) mass is 642 g/mol. The summed E-state index contributed by atoms with van der Waals surface area (Å²) in [4.78, 5) is 8.87. The zero-order valence-corrected chi connectivity index (χ0v) is 27.0. The zero-order chi connectivity index (χ0) is 31.5. The van der Waals surface area contributed by atoms with E-state index in [0.717, 1.165) is 32.6 Å². The minimum Gasteiger partial charge on any atom is -0.423 e. The lowest BCUT2D eigenvalue weighted by Gasteiger charge is -2.08. The molecular weight excluding hydrogens is 607 g/mol. The SMILES string of the molecule is Cc1ccc(-c2cccc(-c3ccccc3C)c2)nc1.Cc1ccc(-c2cccc(Br)c2)nc1.Cc1ccccc1B(O)O. The van der Waals surface area contributed by atoms with Gasteiger partial charge in [-0.3, -0.25) is 9.97 Å². The standard InChI is InChI=1S/C19H17N.C12H10BrN.C7H9BO2/c1-14-10-11-19(20-13-14)17-8-5-7-16(12-17)18-9-4-3-6-15(18)2;1-9-5-6-12(14-8-9)10-3-2-4-11(13)7-10;1-6-4-2-3-5-7(6)8(9)10/h3-13H,1-2H3;2-8H,1H3;2-5,9-10H,1H3. The number of halogens is 1. The van der Waals surface area contributed by atoms with Crippen LogP contribution in [-0.4, -0.2) is 27.1 Å². The fourth-order valence-electron chi connectivity index (χ4n) is 4.54. The van der Waals surface area contributed by atoms with E-state index in [0.29, 0.717) is 5.46 Å². The second-order valence-corrected chi connectivity index (χ2v) is 11.5. The van der Waals surface area contributed by atoms with Crippen LogP contribution in [0.25, 0.3) is 33.6 Å². The van der Waals surface area contributed by atoms with E-state index in [1.54, 1.807) is 12.1 Å². The van der Waals surface area contributed by atoms with Crippen LogP contribution in [0, 0.1) is 27.7 Å². The number of rotatable bonds is 4. The molecule has 0 saturated carbocycles. The van der Waals surface area contributed by atoms with Crippen LogP contribution < -0.4 is 5.46 Å². The zero-order valence-electron chi connectivity index (χ0n) is 25.4. The fraction of sp³-hybridized carbons (Fsp3) is 0.105. The van der Waals surface area contributed by atoms with Crippen molar-refractivity contribution in [2.45, 2.75) is 27.7 Å². The first-order chi connectivity index (χ1) is 21.2. The van der Waals surface area contributed by atoms with E-state index < -0.39 is 7.12 Å². The normalized spacial score (nSPS) is 10.2. The van der Waals surface area contributed by atoms with Gasteiger partial charge in [-0.25, -0.2) is 0 Å². The molecule has 6 heteroatoms. The van der Waals surface area contributed by atoms with E-state index in [4.69, 9.17) is 10.0 Å². The summed E-state index contributed by atoms with van der Waals surface area (Å²) in [6.07, 6.45) is 3.80. The molecule has 6 rings (SSSR count). The molecule has 0 atom stereocenters. The Bertz CT molecular complexity index is 1790. The number of aromatic nitrogens is 2. The summed E-state index contributed by atoms with van der Waals surface area (Å²) in [5.41, 5.74) is 12.0. The molecule has 0 radical (unpaired) electrons. The molecule has 0 aliphatic carbocycles. The topological polar surface area (TPSA) is 66.2 Å². The van der Waals surface area contributed by atoms with Gasteiger partial charge in [0.2, 0.25) is 0 Å². The van der Waals surface area contributed by atoms with Crippen molar-refractivity contribution in [3.05, 3.63) is 160 Å². The van der Waals surface area contributed by atoms with E-state index in [2.05, 4.69) is 119 Å². The molecule has 44 heavy (non-hydrogen) atoms. The van der Waals surface area contributed by atoms with Crippen molar-refractivity contribution in [2.75, 3.05) is 0 Å². The largest absolute Gasteiger partial charge is 0.488 e. The quantitative estimate of drug-likeness (QED) is 0.189. The van der Waals surface area contributed by atoms with Crippen LogP contribution in [0.15, 0.2) is 138 Å². The average Bonchev–Trinajstić information content (AvgIpc) is 3.03. The number of benzene rings is 4. The van der Waals surface area contributed by atoms with Gasteiger partial charge in [0.15, 0.2) is 0 Å². The van der Waals surface area contributed by atoms with Crippen molar-refractivity contribution in [2.24, 2.45) is 0 Å². The van der Waals surface area contributed by atoms with Crippen molar-refractivity contribution < 1.29 is 10.0 Å². The van der Waals surface area contributed by atoms with Gasteiger partial charge in [-0.05, 0) is 91.3 Å². The molecule has 0 bridgehead atoms. The van der Waals surface area contributed by atoms with Gasteiger partial charge in [-0.15, -0.1) is 0 Å². The van der Waals surface area contributed by atoms with E-state index in [9.17, 15) is 0 Å². The Morgan fingerprint density at radius 2 is 1.05 bits per heavy atom. The van der Waals surface area contributed by atoms with Crippen molar-refractivity contribution >= 4 is 28.5 Å². The van der Waals surface area contributed by atoms with Gasteiger partial charge in [0.1, 0.15) is 0 Å². The number of hydrogen-bond donors (Lipinski definition) is 2. The summed E-state index contributed by atoms with van der Waals surface area (Å²) in [6.45, 7) is 8.08. The molecule has 0 aliphatic heterocycles. The first-order valence-corrected chi connectivity index (χ1v) is 15.2. The molecule has 0 unspecified atom stereocenters. The first-order valence-electron chi connectivity index (χ1n) is 14.4. The third-order valence-electron chi connectivity index (χ3n) is 7.02. The Morgan fingerprint density at radius 3 is 1.55 bits per heavy atom. The fourth-order valence-corrected chi connectivity index (χ4v) is 4.94. The predicted octanol–water partition coefficient (Wildman–Crippen LogP) is 8.53. The van der Waals surface area contributed by atoms with Crippen molar-refractivity contribution in [3.8, 4) is 33.6 Å². The Balaban J connectivity index is 0.000000161. The van der Waals surface area contributed by atoms with Crippen molar-refractivity contribution in [1.82, 2.24) is 9.97 Å². The van der Waals surface area contributed by atoms with Crippen LogP contribution in [0.1, 0.15) is 22.3 Å². The molecule has 0 fully saturated rings. The molecule has 0 saturated heterocycles. The van der Waals surface area contributed by atoms with Crippen LogP contribution in [0.4, 0.5) is 0 Å². The van der Waals surface area contributed by atoms with Crippen LogP contribution in [0.5, 0.6) is 0 Å². The molecule has 6 aromatic rings. The Hall–Kier alpha value is -4.36. The van der Waals surface area contributed by atoms with Gasteiger partial charge in [-0.2, -0.15) is 0 Å². The summed E-state index contributed by atoms with van der Waals surface area (Å²) in [7, 11) is -1.35. The maximum atomic E-state index is 8.76. The van der Waals surface area contributed by atoms with E-state index in [-0.39, 0.29) is 0 Å². The summed E-state index contributed by atoms with van der Waals surface area (Å²) in [5.74, 6) is 0. The lowest BCUT2D eigenvalue weighted by atomic mass is 9.77. The van der Waals surface area contributed by atoms with Gasteiger partial charge in [-0.1, -0.05) is 112 Å². The maximum absolute atomic E-state index is 8.76. The van der Waals surface area contributed by atoms with E-state index >= 15 is 0 Å². The number of hydrogen-bond acceptors (Lipinski definition) is 4. The highest BCUT2D eigenvalue weighted by Gasteiger charge is 2.11. The first kappa shape index (κ1) is 32.6. The van der Waals surface area contributed by atoms with E-state index in [1.165, 1.54) is 27.8 Å². The van der Waals surface area contributed by atoms with Gasteiger partial charge < -0.3 is 10.0 Å². The third-order valence-corrected chi connectivity index (χ3v) is 7.52. The second-order valence-electron chi connectivity index (χ2n) is 10.6. The Kier molecular flexibility index (Phi) is 11.8. The summed E-state index contributed by atoms with van der Waals surface area (Å²) >= 11 is 3.45. The molecule has 220 valence electrons.